The molecule has 8 nitrogen and oxygen atoms in total. The zero-order valence-corrected chi connectivity index (χ0v) is 18.7. The van der Waals surface area contributed by atoms with Crippen molar-refractivity contribution in [2.75, 3.05) is 20.1 Å². The molecule has 172 valence electrons. The van der Waals surface area contributed by atoms with E-state index in [4.69, 9.17) is 9.94 Å². The lowest BCUT2D eigenvalue weighted by Gasteiger charge is -2.19. The number of aryl methyl sites for hydroxylation is 1. The fourth-order valence-corrected chi connectivity index (χ4v) is 4.37. The first-order valence-corrected chi connectivity index (χ1v) is 10.9. The minimum atomic E-state index is -0.451. The zero-order valence-electron chi connectivity index (χ0n) is 18.7. The van der Waals surface area contributed by atoms with Gasteiger partial charge in [-0.2, -0.15) is 0 Å². The summed E-state index contributed by atoms with van der Waals surface area (Å²) in [6.07, 6.45) is 0.154. The van der Waals surface area contributed by atoms with Gasteiger partial charge in [-0.1, -0.05) is 18.2 Å². The van der Waals surface area contributed by atoms with Gasteiger partial charge in [-0.05, 0) is 50.4 Å². The Labute approximate surface area is 192 Å². The molecule has 33 heavy (non-hydrogen) atoms. The number of likely N-dealkylation sites (tertiary alicyclic amines) is 1. The fraction of sp³-hybridized carbons (Fsp3) is 0.320. The summed E-state index contributed by atoms with van der Waals surface area (Å²) in [7, 11) is 1.94. The Hall–Kier alpha value is -3.49. The molecule has 3 N–H and O–H groups in total. The molecule has 1 aromatic heterocycles. The molecule has 2 atom stereocenters. The maximum absolute atomic E-state index is 12.8. The molecule has 2 aromatic carbocycles. The molecule has 0 aliphatic carbocycles. The number of rotatable bonds is 7. The second-order valence-corrected chi connectivity index (χ2v) is 8.55. The number of fused-ring (bicyclic) bond motifs is 1. The lowest BCUT2D eigenvalue weighted by molar-refractivity contribution is -0.130. The molecule has 0 saturated carbocycles. The van der Waals surface area contributed by atoms with Gasteiger partial charge in [0.1, 0.15) is 12.4 Å². The van der Waals surface area contributed by atoms with Crippen LogP contribution in [0.1, 0.15) is 28.0 Å². The van der Waals surface area contributed by atoms with Crippen LogP contribution in [0, 0.1) is 12.8 Å². The number of carbonyl (C=O) groups excluding carboxylic acids is 2. The Kier molecular flexibility index (Phi) is 6.86. The van der Waals surface area contributed by atoms with E-state index in [-0.39, 0.29) is 24.3 Å². The Morgan fingerprint density at radius 3 is 2.67 bits per heavy atom. The minimum absolute atomic E-state index is 0.0626. The van der Waals surface area contributed by atoms with Crippen LogP contribution in [-0.2, 0) is 11.4 Å². The van der Waals surface area contributed by atoms with Crippen LogP contribution in [-0.4, -0.2) is 53.1 Å². The highest BCUT2D eigenvalue weighted by atomic mass is 16.5. The number of hydrogen-bond donors (Lipinski definition) is 3. The van der Waals surface area contributed by atoms with Crippen molar-refractivity contribution in [3.05, 3.63) is 71.4 Å². The van der Waals surface area contributed by atoms with Crippen molar-refractivity contribution in [2.24, 2.45) is 5.92 Å². The van der Waals surface area contributed by atoms with Gasteiger partial charge >= 0.3 is 0 Å². The number of hydroxylamine groups is 1. The SMILES string of the molecule is Cc1cc(COc2ccc(C(=O)N[C@@H]3CN(C)C[C@@H]3CC(=O)NO)cc2)c2ccccc2n1. The quantitative estimate of drug-likeness (QED) is 0.379. The molecule has 0 unspecified atom stereocenters. The molecule has 0 radical (unpaired) electrons. The van der Waals surface area contributed by atoms with Gasteiger partial charge in [0, 0.05) is 53.7 Å². The summed E-state index contributed by atoms with van der Waals surface area (Å²) in [5.41, 5.74) is 5.12. The van der Waals surface area contributed by atoms with Crippen molar-refractivity contribution in [1.82, 2.24) is 20.7 Å². The average molecular weight is 449 g/mol. The number of aromatic nitrogens is 1. The average Bonchev–Trinajstić information content (AvgIpc) is 3.15. The molecule has 2 amide bonds. The number of benzene rings is 2. The van der Waals surface area contributed by atoms with E-state index in [0.29, 0.717) is 31.0 Å². The van der Waals surface area contributed by atoms with E-state index >= 15 is 0 Å². The lowest BCUT2D eigenvalue weighted by atomic mass is 9.99. The maximum atomic E-state index is 12.8. The van der Waals surface area contributed by atoms with Crippen LogP contribution in [0.2, 0.25) is 0 Å². The normalized spacial score (nSPS) is 18.3. The number of carbonyl (C=O) groups is 2. The third-order valence-electron chi connectivity index (χ3n) is 5.95. The predicted octanol–water partition coefficient (Wildman–Crippen LogP) is 2.68. The standard InChI is InChI=1S/C25H28N4O4/c1-16-11-19(21-5-3-4-6-22(21)26-16)15-33-20-9-7-17(8-10-20)25(31)27-23-14-29(2)13-18(23)12-24(30)28-32/h3-11,18,23,32H,12-15H2,1-2H3,(H,27,31)(H,28,30)/t18-,23+/m0/s1. The Balaban J connectivity index is 1.38. The van der Waals surface area contributed by atoms with E-state index in [9.17, 15) is 9.59 Å². The fourth-order valence-electron chi connectivity index (χ4n) is 4.37. The number of pyridine rings is 1. The van der Waals surface area contributed by atoms with Crippen molar-refractivity contribution in [1.29, 1.82) is 0 Å². The van der Waals surface area contributed by atoms with E-state index in [2.05, 4.69) is 15.2 Å². The molecule has 3 aromatic rings. The van der Waals surface area contributed by atoms with E-state index in [0.717, 1.165) is 22.2 Å². The summed E-state index contributed by atoms with van der Waals surface area (Å²) in [5.74, 6) is -0.0456. The van der Waals surface area contributed by atoms with Crippen molar-refractivity contribution in [2.45, 2.75) is 26.0 Å². The lowest BCUT2D eigenvalue weighted by Crippen LogP contribution is -2.41. The highest BCUT2D eigenvalue weighted by molar-refractivity contribution is 5.94. The highest BCUT2D eigenvalue weighted by Crippen LogP contribution is 2.22. The first-order valence-electron chi connectivity index (χ1n) is 10.9. The summed E-state index contributed by atoms with van der Waals surface area (Å²) < 4.78 is 5.98. The second kappa shape index (κ2) is 9.97. The van der Waals surface area contributed by atoms with Crippen molar-refractivity contribution >= 4 is 22.7 Å². The van der Waals surface area contributed by atoms with Gasteiger partial charge in [-0.3, -0.25) is 19.8 Å². The first-order chi connectivity index (χ1) is 15.9. The molecule has 4 rings (SSSR count). The second-order valence-electron chi connectivity index (χ2n) is 8.55. The minimum Gasteiger partial charge on any atom is -0.489 e. The van der Waals surface area contributed by atoms with Gasteiger partial charge in [0.15, 0.2) is 0 Å². The maximum Gasteiger partial charge on any atom is 0.251 e. The van der Waals surface area contributed by atoms with Gasteiger partial charge < -0.3 is 15.0 Å². The number of nitrogens with one attached hydrogen (secondary N) is 2. The van der Waals surface area contributed by atoms with E-state index in [1.165, 1.54) is 0 Å². The Morgan fingerprint density at radius 1 is 1.15 bits per heavy atom. The van der Waals surface area contributed by atoms with E-state index in [1.54, 1.807) is 29.7 Å². The third-order valence-corrected chi connectivity index (χ3v) is 5.95. The number of likely N-dealkylation sites (N-methyl/N-ethyl adjacent to an activating group) is 1. The number of hydrogen-bond acceptors (Lipinski definition) is 6. The molecule has 1 saturated heterocycles. The van der Waals surface area contributed by atoms with E-state index in [1.807, 2.05) is 44.3 Å². The molecule has 2 heterocycles. The van der Waals surface area contributed by atoms with Crippen molar-refractivity contribution < 1.29 is 19.5 Å². The molecular formula is C25H28N4O4. The molecular weight excluding hydrogens is 420 g/mol. The molecule has 0 spiro atoms. The summed E-state index contributed by atoms with van der Waals surface area (Å²) >= 11 is 0. The van der Waals surface area contributed by atoms with Crippen LogP contribution in [0.5, 0.6) is 5.75 Å². The monoisotopic (exact) mass is 448 g/mol. The highest BCUT2D eigenvalue weighted by Gasteiger charge is 2.33. The van der Waals surface area contributed by atoms with Crippen molar-refractivity contribution in [3.63, 3.8) is 0 Å². The first kappa shape index (κ1) is 22.7. The molecule has 1 aliphatic heterocycles. The summed E-state index contributed by atoms with van der Waals surface area (Å²) in [6.45, 7) is 3.69. The number of ether oxygens (including phenoxy) is 1. The zero-order chi connectivity index (χ0) is 23.4. The van der Waals surface area contributed by atoms with Gasteiger partial charge in [0.2, 0.25) is 5.91 Å². The molecule has 0 bridgehead atoms. The topological polar surface area (TPSA) is 104 Å². The number of para-hydroxylation sites is 1. The number of amides is 2. The van der Waals surface area contributed by atoms with Crippen LogP contribution < -0.4 is 15.5 Å². The van der Waals surface area contributed by atoms with Crippen LogP contribution in [0.25, 0.3) is 10.9 Å². The molecule has 1 aliphatic rings. The summed E-state index contributed by atoms with van der Waals surface area (Å²) in [5, 5.41) is 12.9. The molecule has 1 fully saturated rings. The predicted molar refractivity (Wildman–Crippen MR) is 124 cm³/mol. The third kappa shape index (κ3) is 5.47. The van der Waals surface area contributed by atoms with Crippen LogP contribution in [0.15, 0.2) is 54.6 Å². The summed E-state index contributed by atoms with van der Waals surface area (Å²) in [4.78, 5) is 30.9. The number of nitrogens with zero attached hydrogens (tertiary/aromatic N) is 2. The van der Waals surface area contributed by atoms with Crippen molar-refractivity contribution in [3.8, 4) is 5.75 Å². The van der Waals surface area contributed by atoms with E-state index < -0.39 is 5.91 Å². The van der Waals surface area contributed by atoms with Gasteiger partial charge in [0.05, 0.1) is 5.52 Å². The van der Waals surface area contributed by atoms with Crippen LogP contribution in [0.4, 0.5) is 0 Å². The van der Waals surface area contributed by atoms with Gasteiger partial charge in [-0.25, -0.2) is 5.48 Å². The Morgan fingerprint density at radius 2 is 1.91 bits per heavy atom. The van der Waals surface area contributed by atoms with Crippen LogP contribution in [0.3, 0.4) is 0 Å². The smallest absolute Gasteiger partial charge is 0.251 e. The van der Waals surface area contributed by atoms with Gasteiger partial charge in [-0.15, -0.1) is 0 Å². The van der Waals surface area contributed by atoms with Gasteiger partial charge in [0.25, 0.3) is 5.91 Å². The van der Waals surface area contributed by atoms with Crippen LogP contribution >= 0.6 is 0 Å². The Bertz CT molecular complexity index is 1150. The summed E-state index contributed by atoms with van der Waals surface area (Å²) in [6, 6.07) is 16.9. The largest absolute Gasteiger partial charge is 0.489 e. The molecule has 8 heteroatoms.